The highest BCUT2D eigenvalue weighted by Gasteiger charge is 2.27. The summed E-state index contributed by atoms with van der Waals surface area (Å²) in [6.07, 6.45) is 8.95. The first-order valence-electron chi connectivity index (χ1n) is 13.0. The first-order chi connectivity index (χ1) is 17.5. The van der Waals surface area contributed by atoms with Gasteiger partial charge in [-0.25, -0.2) is 0 Å². The van der Waals surface area contributed by atoms with Gasteiger partial charge < -0.3 is 5.32 Å². The summed E-state index contributed by atoms with van der Waals surface area (Å²) in [4.78, 5) is 0. The van der Waals surface area contributed by atoms with Gasteiger partial charge in [0.2, 0.25) is 0 Å². The Morgan fingerprint density at radius 3 is 1.67 bits per heavy atom. The molecule has 1 aliphatic carbocycles. The molecule has 0 heterocycles. The van der Waals surface area contributed by atoms with Crippen molar-refractivity contribution in [2.24, 2.45) is 0 Å². The molecule has 2 atom stereocenters. The molecule has 4 rings (SSSR count). The standard InChI is InChI=1S/C33H38NP2/c1-25(2)35(26(3)4)32-23-15-18-29(32)24-34-27(5)33(28-16-9-6-10-17-28)36(30-19-11-7-12-20-30)31-21-13-8-14-22-31/h6-27,33H,1-5H3/q-1/b29-24-/t27-,33+/m1/s1. The van der Waals surface area contributed by atoms with E-state index < -0.39 is 7.92 Å². The largest absolute Gasteiger partial charge is 0.687 e. The van der Waals surface area contributed by atoms with E-state index in [1.165, 1.54) is 27.1 Å². The number of allylic oxidation sites excluding steroid dienone is 5. The van der Waals surface area contributed by atoms with E-state index in [-0.39, 0.29) is 19.6 Å². The predicted molar refractivity (Wildman–Crippen MR) is 164 cm³/mol. The number of hydrogen-bond acceptors (Lipinski definition) is 0. The van der Waals surface area contributed by atoms with E-state index in [9.17, 15) is 0 Å². The van der Waals surface area contributed by atoms with Crippen LogP contribution in [-0.4, -0.2) is 17.4 Å². The Kier molecular flexibility index (Phi) is 9.36. The minimum absolute atomic E-state index is 0.131. The predicted octanol–water partition coefficient (Wildman–Crippen LogP) is 9.26. The van der Waals surface area contributed by atoms with Crippen molar-refractivity contribution >= 4 is 26.5 Å². The third-order valence-electron chi connectivity index (χ3n) is 6.61. The molecular weight excluding hydrogens is 472 g/mol. The molecule has 186 valence electrons. The molecule has 0 amide bonds. The normalized spacial score (nSPS) is 16.2. The van der Waals surface area contributed by atoms with Crippen LogP contribution in [0.25, 0.3) is 5.32 Å². The number of benzene rings is 3. The second kappa shape index (κ2) is 12.7. The molecule has 0 fully saturated rings. The summed E-state index contributed by atoms with van der Waals surface area (Å²) in [5.41, 5.74) is 4.25. The van der Waals surface area contributed by atoms with Crippen molar-refractivity contribution in [3.63, 3.8) is 0 Å². The SMILES string of the molecule is CC(C)P(C1=CC=C/C1=C/[N-][C@H](C)[C@@H](c1ccccc1)P(c1ccccc1)c1ccccc1)C(C)C. The van der Waals surface area contributed by atoms with Crippen LogP contribution in [0.3, 0.4) is 0 Å². The molecule has 36 heavy (non-hydrogen) atoms. The summed E-state index contributed by atoms with van der Waals surface area (Å²) in [5, 5.41) is 9.56. The summed E-state index contributed by atoms with van der Waals surface area (Å²) in [7, 11) is -0.869. The molecule has 0 saturated carbocycles. The van der Waals surface area contributed by atoms with E-state index in [2.05, 4.69) is 150 Å². The van der Waals surface area contributed by atoms with E-state index >= 15 is 0 Å². The van der Waals surface area contributed by atoms with Gasteiger partial charge in [0.25, 0.3) is 0 Å². The number of nitrogens with zero attached hydrogens (tertiary/aromatic N) is 1. The maximum Gasteiger partial charge on any atom is -0.00132 e. The first kappa shape index (κ1) is 26.6. The molecule has 3 heteroatoms. The zero-order valence-electron chi connectivity index (χ0n) is 22.1. The maximum atomic E-state index is 5.28. The van der Waals surface area contributed by atoms with Crippen molar-refractivity contribution in [1.82, 2.24) is 0 Å². The highest BCUT2D eigenvalue weighted by atomic mass is 31.1. The number of hydrogen-bond donors (Lipinski definition) is 0. The maximum absolute atomic E-state index is 5.28. The van der Waals surface area contributed by atoms with Gasteiger partial charge in [-0.05, 0) is 52.0 Å². The van der Waals surface area contributed by atoms with Crippen molar-refractivity contribution in [2.75, 3.05) is 0 Å². The fraction of sp³-hybridized carbons (Fsp3) is 0.273. The van der Waals surface area contributed by atoms with Crippen LogP contribution < -0.4 is 10.6 Å². The van der Waals surface area contributed by atoms with E-state index in [0.29, 0.717) is 11.3 Å². The minimum atomic E-state index is -0.649. The van der Waals surface area contributed by atoms with Gasteiger partial charge in [0.05, 0.1) is 0 Å². The lowest BCUT2D eigenvalue weighted by Gasteiger charge is -2.41. The summed E-state index contributed by atoms with van der Waals surface area (Å²) in [5.74, 6) is 0. The van der Waals surface area contributed by atoms with Gasteiger partial charge in [0, 0.05) is 0 Å². The molecule has 1 nitrogen and oxygen atoms in total. The molecule has 0 spiro atoms. The van der Waals surface area contributed by atoms with Crippen LogP contribution >= 0.6 is 15.8 Å². The second-order valence-corrected chi connectivity index (χ2v) is 15.6. The number of rotatable bonds is 10. The summed E-state index contributed by atoms with van der Waals surface area (Å²) in [6, 6.07) is 33.2. The zero-order chi connectivity index (χ0) is 25.5. The van der Waals surface area contributed by atoms with Crippen LogP contribution in [0.4, 0.5) is 0 Å². The van der Waals surface area contributed by atoms with Crippen molar-refractivity contribution in [3.8, 4) is 0 Å². The van der Waals surface area contributed by atoms with Crippen molar-refractivity contribution < 1.29 is 0 Å². The highest BCUT2D eigenvalue weighted by molar-refractivity contribution is 7.73. The van der Waals surface area contributed by atoms with E-state index in [1.807, 2.05) is 0 Å². The van der Waals surface area contributed by atoms with Crippen LogP contribution in [0.1, 0.15) is 45.8 Å². The van der Waals surface area contributed by atoms with Crippen LogP contribution in [-0.2, 0) is 0 Å². The zero-order valence-corrected chi connectivity index (χ0v) is 23.9. The molecule has 3 aromatic carbocycles. The lowest BCUT2D eigenvalue weighted by molar-refractivity contribution is 0.796. The average Bonchev–Trinajstić information content (AvgIpc) is 3.34. The average molecular weight is 511 g/mol. The highest BCUT2D eigenvalue weighted by Crippen LogP contribution is 2.58. The Morgan fingerprint density at radius 1 is 0.667 bits per heavy atom. The Labute approximate surface area is 220 Å². The Bertz CT molecular complexity index is 1130. The van der Waals surface area contributed by atoms with Gasteiger partial charge >= 0.3 is 0 Å². The van der Waals surface area contributed by atoms with Gasteiger partial charge in [-0.3, -0.25) is 0 Å². The quantitative estimate of drug-likeness (QED) is 0.241. The van der Waals surface area contributed by atoms with E-state index in [4.69, 9.17) is 5.32 Å². The third kappa shape index (κ3) is 6.26. The topological polar surface area (TPSA) is 14.1 Å². The fourth-order valence-electron chi connectivity index (χ4n) is 5.14. The van der Waals surface area contributed by atoms with Crippen LogP contribution in [0.2, 0.25) is 0 Å². The van der Waals surface area contributed by atoms with Crippen molar-refractivity contribution in [2.45, 2.75) is 57.6 Å². The molecule has 3 aromatic rings. The summed E-state index contributed by atoms with van der Waals surface area (Å²) >= 11 is 0. The van der Waals surface area contributed by atoms with Gasteiger partial charge in [-0.2, -0.15) is 6.20 Å². The van der Waals surface area contributed by atoms with E-state index in [0.717, 1.165) is 0 Å². The van der Waals surface area contributed by atoms with Gasteiger partial charge in [-0.1, -0.05) is 152 Å². The molecule has 0 aliphatic heterocycles. The van der Waals surface area contributed by atoms with Gasteiger partial charge in [0.1, 0.15) is 0 Å². The molecule has 0 N–H and O–H groups in total. The van der Waals surface area contributed by atoms with Crippen LogP contribution in [0.15, 0.2) is 126 Å². The molecule has 0 bridgehead atoms. The van der Waals surface area contributed by atoms with Gasteiger partial charge in [0.15, 0.2) is 0 Å². The minimum Gasteiger partial charge on any atom is -0.687 e. The smallest absolute Gasteiger partial charge is 0.00132 e. The van der Waals surface area contributed by atoms with Crippen molar-refractivity contribution in [1.29, 1.82) is 0 Å². The molecule has 0 aromatic heterocycles. The first-order valence-corrected chi connectivity index (χ1v) is 15.9. The fourth-order valence-corrected chi connectivity index (χ4v) is 11.0. The molecular formula is C33H38NP2-. The molecule has 0 unspecified atom stereocenters. The van der Waals surface area contributed by atoms with Crippen LogP contribution in [0, 0.1) is 0 Å². The third-order valence-corrected chi connectivity index (χ3v) is 12.8. The van der Waals surface area contributed by atoms with E-state index in [1.54, 1.807) is 0 Å². The molecule has 0 saturated heterocycles. The second-order valence-electron chi connectivity index (χ2n) is 9.88. The molecule has 1 aliphatic rings. The summed E-state index contributed by atoms with van der Waals surface area (Å²) < 4.78 is 0. The lowest BCUT2D eigenvalue weighted by Crippen LogP contribution is -2.23. The summed E-state index contributed by atoms with van der Waals surface area (Å²) in [6.45, 7) is 11.7. The molecule has 0 radical (unpaired) electrons. The van der Waals surface area contributed by atoms with Crippen LogP contribution in [0.5, 0.6) is 0 Å². The lowest BCUT2D eigenvalue weighted by atomic mass is 10.1. The monoisotopic (exact) mass is 510 g/mol. The van der Waals surface area contributed by atoms with Crippen molar-refractivity contribution in [3.05, 3.63) is 137 Å². The Balaban J connectivity index is 1.71. The Morgan fingerprint density at radius 2 is 1.17 bits per heavy atom. The van der Waals surface area contributed by atoms with Gasteiger partial charge in [-0.15, -0.1) is 6.04 Å². The Hall–Kier alpha value is -2.46.